The molecule has 0 spiro atoms. The van der Waals surface area contributed by atoms with Crippen molar-refractivity contribution in [2.45, 2.75) is 66.2 Å². The third kappa shape index (κ3) is 5.82. The maximum absolute atomic E-state index is 5.19. The largest absolute Gasteiger partial charge is 0.310 e. The van der Waals surface area contributed by atoms with Gasteiger partial charge >= 0.3 is 0 Å². The lowest BCUT2D eigenvalue weighted by Crippen LogP contribution is -2.30. The molecule has 59 heavy (non-hydrogen) atoms. The van der Waals surface area contributed by atoms with Gasteiger partial charge < -0.3 is 4.90 Å². The molecular weight excluding hydrogens is 719 g/mol. The SMILES string of the molecule is Cc1cc(C)c(-c2c(-c3ccccc3)cnn2-c2ccc3c(c2)N(c2ccc4c5ccccc5n(-c5cc(C(C)(C)C)ccn5)c4c2)c2ccccc2C3(C)C)c(C)c1. The summed E-state index contributed by atoms with van der Waals surface area (Å²) >= 11 is 0. The first-order valence-electron chi connectivity index (χ1n) is 20.7. The quantitative estimate of drug-likeness (QED) is 0.175. The lowest BCUT2D eigenvalue weighted by atomic mass is 9.73. The van der Waals surface area contributed by atoms with Crippen molar-refractivity contribution >= 4 is 38.9 Å². The molecule has 0 aliphatic carbocycles. The summed E-state index contributed by atoms with van der Waals surface area (Å²) in [5, 5.41) is 7.60. The van der Waals surface area contributed by atoms with Crippen molar-refractivity contribution in [3.63, 3.8) is 0 Å². The van der Waals surface area contributed by atoms with Gasteiger partial charge in [0.15, 0.2) is 0 Å². The molecule has 10 rings (SSSR count). The maximum Gasteiger partial charge on any atom is 0.137 e. The molecule has 1 aliphatic heterocycles. The first-order valence-corrected chi connectivity index (χ1v) is 20.7. The predicted molar refractivity (Wildman–Crippen MR) is 246 cm³/mol. The van der Waals surface area contributed by atoms with E-state index >= 15 is 0 Å². The number of nitrogens with zero attached hydrogens (tertiary/aromatic N) is 5. The van der Waals surface area contributed by atoms with E-state index in [1.54, 1.807) is 0 Å². The van der Waals surface area contributed by atoms with Crippen LogP contribution in [0.15, 0.2) is 152 Å². The minimum absolute atomic E-state index is 0.0134. The van der Waals surface area contributed by atoms with E-state index in [0.29, 0.717) is 0 Å². The topological polar surface area (TPSA) is 38.9 Å². The fourth-order valence-electron chi connectivity index (χ4n) is 9.63. The Morgan fingerprint density at radius 3 is 2.05 bits per heavy atom. The molecule has 0 amide bonds. The molecule has 4 heterocycles. The number of aryl methyl sites for hydroxylation is 3. The smallest absolute Gasteiger partial charge is 0.137 e. The number of aromatic nitrogens is 4. The first-order chi connectivity index (χ1) is 28.4. The van der Waals surface area contributed by atoms with E-state index in [4.69, 9.17) is 10.1 Å². The number of anilines is 3. The number of hydrogen-bond acceptors (Lipinski definition) is 3. The zero-order chi connectivity index (χ0) is 40.8. The van der Waals surface area contributed by atoms with Gasteiger partial charge in [-0.15, -0.1) is 0 Å². The van der Waals surface area contributed by atoms with Gasteiger partial charge in [-0.25, -0.2) is 9.67 Å². The highest BCUT2D eigenvalue weighted by Gasteiger charge is 2.37. The molecule has 9 aromatic rings. The van der Waals surface area contributed by atoms with Gasteiger partial charge in [0.05, 0.1) is 40.0 Å². The molecule has 5 nitrogen and oxygen atoms in total. The summed E-state index contributed by atoms with van der Waals surface area (Å²) in [5.74, 6) is 0.922. The van der Waals surface area contributed by atoms with Crippen LogP contribution in [0.5, 0.6) is 0 Å². The van der Waals surface area contributed by atoms with Crippen molar-refractivity contribution in [1.29, 1.82) is 0 Å². The van der Waals surface area contributed by atoms with Gasteiger partial charge in [0, 0.05) is 39.2 Å². The number of para-hydroxylation sites is 2. The molecular formula is C54H49N5. The van der Waals surface area contributed by atoms with Crippen LogP contribution in [0, 0.1) is 20.8 Å². The molecule has 0 fully saturated rings. The first kappa shape index (κ1) is 36.6. The predicted octanol–water partition coefficient (Wildman–Crippen LogP) is 14.0. The molecule has 1 aliphatic rings. The molecule has 290 valence electrons. The summed E-state index contributed by atoms with van der Waals surface area (Å²) in [6.07, 6.45) is 3.99. The zero-order valence-electron chi connectivity index (χ0n) is 35.2. The van der Waals surface area contributed by atoms with Crippen molar-refractivity contribution in [2.24, 2.45) is 0 Å². The third-order valence-electron chi connectivity index (χ3n) is 12.5. The summed E-state index contributed by atoms with van der Waals surface area (Å²) in [6, 6.07) is 51.1. The number of hydrogen-bond donors (Lipinski definition) is 0. The molecule has 3 aromatic heterocycles. The van der Waals surface area contributed by atoms with Gasteiger partial charge in [0.25, 0.3) is 0 Å². The molecule has 5 heteroatoms. The Kier molecular flexibility index (Phi) is 8.33. The summed E-state index contributed by atoms with van der Waals surface area (Å²) in [4.78, 5) is 7.45. The minimum Gasteiger partial charge on any atom is -0.310 e. The second-order valence-corrected chi connectivity index (χ2v) is 17.8. The number of pyridine rings is 1. The van der Waals surface area contributed by atoms with E-state index in [0.717, 1.165) is 50.7 Å². The maximum atomic E-state index is 5.19. The Morgan fingerprint density at radius 1 is 0.593 bits per heavy atom. The van der Waals surface area contributed by atoms with E-state index in [9.17, 15) is 0 Å². The fourth-order valence-corrected chi connectivity index (χ4v) is 9.63. The highest BCUT2D eigenvalue weighted by molar-refractivity contribution is 6.10. The molecule has 0 bridgehead atoms. The Balaban J connectivity index is 1.22. The molecule has 0 unspecified atom stereocenters. The van der Waals surface area contributed by atoms with Crippen LogP contribution >= 0.6 is 0 Å². The van der Waals surface area contributed by atoms with Crippen LogP contribution in [-0.2, 0) is 10.8 Å². The van der Waals surface area contributed by atoms with E-state index < -0.39 is 0 Å². The Bertz CT molecular complexity index is 3080. The Morgan fingerprint density at radius 2 is 1.27 bits per heavy atom. The lowest BCUT2D eigenvalue weighted by Gasteiger charge is -2.42. The average Bonchev–Trinajstić information content (AvgIpc) is 3.80. The van der Waals surface area contributed by atoms with Crippen LogP contribution in [0.1, 0.15) is 68.0 Å². The van der Waals surface area contributed by atoms with Crippen LogP contribution in [0.3, 0.4) is 0 Å². The fraction of sp³-hybridized carbons (Fsp3) is 0.185. The van der Waals surface area contributed by atoms with Crippen LogP contribution in [0.25, 0.3) is 55.7 Å². The lowest BCUT2D eigenvalue weighted by molar-refractivity contribution is 0.588. The second-order valence-electron chi connectivity index (χ2n) is 17.8. The van der Waals surface area contributed by atoms with Gasteiger partial charge in [-0.1, -0.05) is 131 Å². The normalized spacial score (nSPS) is 13.5. The monoisotopic (exact) mass is 767 g/mol. The van der Waals surface area contributed by atoms with Crippen LogP contribution < -0.4 is 4.90 Å². The van der Waals surface area contributed by atoms with E-state index in [1.807, 2.05) is 12.4 Å². The van der Waals surface area contributed by atoms with Gasteiger partial charge in [-0.2, -0.15) is 5.10 Å². The number of rotatable bonds is 5. The number of fused-ring (bicyclic) bond motifs is 5. The number of benzene rings is 6. The highest BCUT2D eigenvalue weighted by Crippen LogP contribution is 2.53. The summed E-state index contributed by atoms with van der Waals surface area (Å²) < 4.78 is 4.50. The Hall–Kier alpha value is -6.72. The minimum atomic E-state index is -0.246. The summed E-state index contributed by atoms with van der Waals surface area (Å²) in [7, 11) is 0. The molecule has 0 N–H and O–H groups in total. The third-order valence-corrected chi connectivity index (χ3v) is 12.5. The van der Waals surface area contributed by atoms with Crippen molar-refractivity contribution in [3.05, 3.63) is 185 Å². The molecule has 0 saturated heterocycles. The highest BCUT2D eigenvalue weighted by atomic mass is 15.3. The second kappa shape index (κ2) is 13.4. The van der Waals surface area contributed by atoms with Crippen molar-refractivity contribution in [2.75, 3.05) is 4.90 Å². The summed E-state index contributed by atoms with van der Waals surface area (Å²) in [6.45, 7) is 18.1. The van der Waals surface area contributed by atoms with Crippen LogP contribution in [0.4, 0.5) is 17.1 Å². The Labute approximate surface area is 347 Å². The van der Waals surface area contributed by atoms with Gasteiger partial charge in [0.2, 0.25) is 0 Å². The van der Waals surface area contributed by atoms with E-state index in [1.165, 1.54) is 55.4 Å². The molecule has 0 saturated carbocycles. The van der Waals surface area contributed by atoms with Gasteiger partial charge in [0.1, 0.15) is 5.82 Å². The van der Waals surface area contributed by atoms with E-state index in [2.05, 4.69) is 209 Å². The van der Waals surface area contributed by atoms with Crippen molar-refractivity contribution < 1.29 is 0 Å². The molecule has 0 radical (unpaired) electrons. The van der Waals surface area contributed by atoms with Crippen molar-refractivity contribution in [3.8, 4) is 33.9 Å². The van der Waals surface area contributed by atoms with Crippen LogP contribution in [0.2, 0.25) is 0 Å². The molecule has 6 aromatic carbocycles. The van der Waals surface area contributed by atoms with Gasteiger partial charge in [-0.3, -0.25) is 4.57 Å². The molecule has 0 atom stereocenters. The van der Waals surface area contributed by atoms with Crippen molar-refractivity contribution in [1.82, 2.24) is 19.3 Å². The van der Waals surface area contributed by atoms with Crippen LogP contribution in [-0.4, -0.2) is 19.3 Å². The zero-order valence-corrected chi connectivity index (χ0v) is 35.2. The summed E-state index contributed by atoms with van der Waals surface area (Å²) in [5.41, 5.74) is 18.5. The standard InChI is InChI=1S/C54H49N5/c1-34-28-35(2)51(36(3)29-34)52-43(37-16-10-9-11-17-37)33-56-59(52)40-23-25-45-49(32-40)57(47-21-15-13-19-44(47)54(45,7)8)39-22-24-42-41-18-12-14-20-46(41)58(48(42)31-39)50-30-38(26-27-55-50)53(4,5)6/h9-33H,1-8H3. The van der Waals surface area contributed by atoms with E-state index in [-0.39, 0.29) is 10.8 Å². The van der Waals surface area contributed by atoms with Gasteiger partial charge in [-0.05, 0) is 108 Å². The average molecular weight is 768 g/mol.